The molecule has 0 saturated heterocycles. The van der Waals surface area contributed by atoms with Gasteiger partial charge in [0.05, 0.1) is 0 Å². The van der Waals surface area contributed by atoms with Gasteiger partial charge in [0.1, 0.15) is 5.78 Å². The summed E-state index contributed by atoms with van der Waals surface area (Å²) < 4.78 is 0. The van der Waals surface area contributed by atoms with Crippen LogP contribution in [0.15, 0.2) is 0 Å². The smallest absolute Gasteiger partial charge is 0.154 e. The van der Waals surface area contributed by atoms with E-state index in [1.807, 2.05) is 0 Å². The third kappa shape index (κ3) is 1.78. The molecule has 1 aliphatic carbocycles. The second-order valence-corrected chi connectivity index (χ2v) is 2.81. The standard InChI is InChI=1S/C7H12O3/c8-6-3-1-2-5(4-6)7(9)10/h5,7,9-10H,1-4H2. The van der Waals surface area contributed by atoms with Gasteiger partial charge in [-0.3, -0.25) is 4.79 Å². The molecule has 1 saturated carbocycles. The summed E-state index contributed by atoms with van der Waals surface area (Å²) in [6.07, 6.45) is 1.23. The largest absolute Gasteiger partial charge is 0.368 e. The van der Waals surface area contributed by atoms with E-state index in [4.69, 9.17) is 10.2 Å². The van der Waals surface area contributed by atoms with E-state index in [1.165, 1.54) is 0 Å². The summed E-state index contributed by atoms with van der Waals surface area (Å²) in [5.41, 5.74) is 0. The van der Waals surface area contributed by atoms with Crippen LogP contribution in [0.5, 0.6) is 0 Å². The van der Waals surface area contributed by atoms with Crippen molar-refractivity contribution in [1.82, 2.24) is 0 Å². The lowest BCUT2D eigenvalue weighted by molar-refractivity contribution is -0.131. The number of carbonyl (C=O) groups is 1. The molecule has 3 heteroatoms. The Kier molecular flexibility index (Phi) is 2.40. The molecular weight excluding hydrogens is 132 g/mol. The van der Waals surface area contributed by atoms with Gasteiger partial charge in [-0.25, -0.2) is 0 Å². The minimum atomic E-state index is -1.30. The normalized spacial score (nSPS) is 27.5. The minimum Gasteiger partial charge on any atom is -0.368 e. The van der Waals surface area contributed by atoms with Crippen molar-refractivity contribution in [1.29, 1.82) is 0 Å². The van der Waals surface area contributed by atoms with Crippen LogP contribution in [0.1, 0.15) is 25.7 Å². The lowest BCUT2D eigenvalue weighted by Crippen LogP contribution is -2.26. The van der Waals surface area contributed by atoms with Crippen LogP contribution >= 0.6 is 0 Å². The van der Waals surface area contributed by atoms with E-state index < -0.39 is 6.29 Å². The Labute approximate surface area is 59.7 Å². The van der Waals surface area contributed by atoms with Crippen LogP contribution in [-0.4, -0.2) is 22.3 Å². The van der Waals surface area contributed by atoms with Gasteiger partial charge in [-0.1, -0.05) is 0 Å². The Morgan fingerprint density at radius 3 is 2.60 bits per heavy atom. The Morgan fingerprint density at radius 1 is 1.50 bits per heavy atom. The molecule has 0 radical (unpaired) electrons. The number of aliphatic hydroxyl groups excluding tert-OH is 1. The van der Waals surface area contributed by atoms with E-state index in [0.717, 1.165) is 12.8 Å². The zero-order valence-corrected chi connectivity index (χ0v) is 5.79. The molecule has 0 aromatic heterocycles. The molecule has 58 valence electrons. The number of rotatable bonds is 1. The highest BCUT2D eigenvalue weighted by Gasteiger charge is 2.23. The molecule has 0 aromatic carbocycles. The Bertz CT molecular complexity index is 131. The molecule has 0 bridgehead atoms. The third-order valence-electron chi connectivity index (χ3n) is 1.94. The number of aliphatic hydroxyl groups is 2. The van der Waals surface area contributed by atoms with Crippen molar-refractivity contribution in [3.05, 3.63) is 0 Å². The first kappa shape index (κ1) is 7.69. The predicted octanol–water partition coefficient (Wildman–Crippen LogP) is 0.0564. The topological polar surface area (TPSA) is 57.5 Å². The highest BCUT2D eigenvalue weighted by molar-refractivity contribution is 5.79. The van der Waals surface area contributed by atoms with E-state index in [9.17, 15) is 4.79 Å². The van der Waals surface area contributed by atoms with Crippen LogP contribution in [0.4, 0.5) is 0 Å². The highest BCUT2D eigenvalue weighted by atomic mass is 16.5. The fourth-order valence-electron chi connectivity index (χ4n) is 1.31. The van der Waals surface area contributed by atoms with Crippen molar-refractivity contribution >= 4 is 5.78 Å². The fraction of sp³-hybridized carbons (Fsp3) is 0.857. The van der Waals surface area contributed by atoms with Crippen molar-refractivity contribution in [3.8, 4) is 0 Å². The van der Waals surface area contributed by atoms with Gasteiger partial charge in [-0.05, 0) is 12.8 Å². The van der Waals surface area contributed by atoms with Crippen LogP contribution in [0.25, 0.3) is 0 Å². The van der Waals surface area contributed by atoms with E-state index >= 15 is 0 Å². The van der Waals surface area contributed by atoms with Gasteiger partial charge in [-0.2, -0.15) is 0 Å². The van der Waals surface area contributed by atoms with Gasteiger partial charge in [0, 0.05) is 18.8 Å². The first-order valence-electron chi connectivity index (χ1n) is 3.58. The van der Waals surface area contributed by atoms with Crippen molar-refractivity contribution in [2.75, 3.05) is 0 Å². The maximum absolute atomic E-state index is 10.8. The first-order valence-corrected chi connectivity index (χ1v) is 3.58. The quantitative estimate of drug-likeness (QED) is 0.511. The summed E-state index contributed by atoms with van der Waals surface area (Å²) in [7, 11) is 0. The molecule has 2 N–H and O–H groups in total. The SMILES string of the molecule is O=C1CCCC(C(O)O)C1. The number of hydrogen-bond acceptors (Lipinski definition) is 3. The third-order valence-corrected chi connectivity index (χ3v) is 1.94. The molecule has 1 fully saturated rings. The van der Waals surface area contributed by atoms with Gasteiger partial charge in [0.25, 0.3) is 0 Å². The van der Waals surface area contributed by atoms with Crippen molar-refractivity contribution in [2.45, 2.75) is 32.0 Å². The summed E-state index contributed by atoms with van der Waals surface area (Å²) in [5, 5.41) is 17.4. The summed E-state index contributed by atoms with van der Waals surface area (Å²) in [6.45, 7) is 0. The van der Waals surface area contributed by atoms with Gasteiger partial charge >= 0.3 is 0 Å². The molecule has 1 atom stereocenters. The number of hydrogen-bond donors (Lipinski definition) is 2. The van der Waals surface area contributed by atoms with Crippen molar-refractivity contribution < 1.29 is 15.0 Å². The summed E-state index contributed by atoms with van der Waals surface area (Å²) >= 11 is 0. The van der Waals surface area contributed by atoms with Gasteiger partial charge in [0.15, 0.2) is 6.29 Å². The van der Waals surface area contributed by atoms with Crippen LogP contribution in [0.3, 0.4) is 0 Å². The number of Topliss-reactive ketones (excluding diaryl/α,β-unsaturated/α-hetero) is 1. The van der Waals surface area contributed by atoms with Crippen LogP contribution in [0.2, 0.25) is 0 Å². The molecule has 0 aliphatic heterocycles. The summed E-state index contributed by atoms with van der Waals surface area (Å²) in [4.78, 5) is 10.8. The van der Waals surface area contributed by atoms with E-state index in [1.54, 1.807) is 0 Å². The van der Waals surface area contributed by atoms with Gasteiger partial charge < -0.3 is 10.2 Å². The van der Waals surface area contributed by atoms with Gasteiger partial charge in [-0.15, -0.1) is 0 Å². The lowest BCUT2D eigenvalue weighted by Gasteiger charge is -2.21. The zero-order chi connectivity index (χ0) is 7.56. The second-order valence-electron chi connectivity index (χ2n) is 2.81. The Balaban J connectivity index is 2.39. The average molecular weight is 144 g/mol. The molecule has 0 heterocycles. The highest BCUT2D eigenvalue weighted by Crippen LogP contribution is 2.22. The van der Waals surface area contributed by atoms with E-state index in [0.29, 0.717) is 12.8 Å². The monoisotopic (exact) mass is 144 g/mol. The van der Waals surface area contributed by atoms with Crippen LogP contribution < -0.4 is 0 Å². The summed E-state index contributed by atoms with van der Waals surface area (Å²) in [5.74, 6) is -0.0504. The fourth-order valence-corrected chi connectivity index (χ4v) is 1.31. The van der Waals surface area contributed by atoms with E-state index in [-0.39, 0.29) is 11.7 Å². The Morgan fingerprint density at radius 2 is 2.20 bits per heavy atom. The molecule has 0 aromatic rings. The second kappa shape index (κ2) is 3.12. The molecular formula is C7H12O3. The van der Waals surface area contributed by atoms with Crippen LogP contribution in [0, 0.1) is 5.92 Å². The van der Waals surface area contributed by atoms with Crippen molar-refractivity contribution in [2.24, 2.45) is 5.92 Å². The first-order chi connectivity index (χ1) is 4.70. The minimum absolute atomic E-state index is 0.157. The Hall–Kier alpha value is -0.410. The van der Waals surface area contributed by atoms with Gasteiger partial charge in [0.2, 0.25) is 0 Å². The molecule has 1 aliphatic rings. The maximum atomic E-state index is 10.8. The molecule has 10 heavy (non-hydrogen) atoms. The number of ketones is 1. The number of carbonyl (C=O) groups excluding carboxylic acids is 1. The average Bonchev–Trinajstić information content (AvgIpc) is 1.88. The molecule has 0 spiro atoms. The predicted molar refractivity (Wildman–Crippen MR) is 35.2 cm³/mol. The zero-order valence-electron chi connectivity index (χ0n) is 5.79. The molecule has 3 nitrogen and oxygen atoms in total. The molecule has 0 amide bonds. The van der Waals surface area contributed by atoms with Crippen LogP contribution in [-0.2, 0) is 4.79 Å². The van der Waals surface area contributed by atoms with Crippen molar-refractivity contribution in [3.63, 3.8) is 0 Å². The maximum Gasteiger partial charge on any atom is 0.154 e. The summed E-state index contributed by atoms with van der Waals surface area (Å²) in [6, 6.07) is 0. The molecule has 1 unspecified atom stereocenters. The van der Waals surface area contributed by atoms with E-state index in [2.05, 4.69) is 0 Å². The lowest BCUT2D eigenvalue weighted by atomic mass is 9.88. The molecule has 1 rings (SSSR count).